The molecule has 1 aromatic rings. The summed E-state index contributed by atoms with van der Waals surface area (Å²) >= 11 is 0. The van der Waals surface area contributed by atoms with Crippen LogP contribution < -0.4 is 5.32 Å². The standard InChI is InChI=1S/C17H15F3N2O2.2C2H6/c18-17(19,20)16(24)8-12(11-4-1-3-10(7-11)9-21)15-13(22-16)5-2-6-14(15)23;2*1-2/h1,3-4,7,12,22,24H,2,5-6,8H2;2*1-2H3/t12-,16?;;/m0../s1. The van der Waals surface area contributed by atoms with Gasteiger partial charge in [-0.1, -0.05) is 39.8 Å². The molecule has 4 nitrogen and oxygen atoms in total. The molecule has 28 heavy (non-hydrogen) atoms. The summed E-state index contributed by atoms with van der Waals surface area (Å²) in [6.07, 6.45) is -4.57. The molecule has 0 fully saturated rings. The van der Waals surface area contributed by atoms with Gasteiger partial charge in [-0.05, 0) is 30.5 Å². The number of nitrogens with zero attached hydrogens (tertiary/aromatic N) is 1. The lowest BCUT2D eigenvalue weighted by Crippen LogP contribution is -2.60. The van der Waals surface area contributed by atoms with Gasteiger partial charge in [0.15, 0.2) is 5.78 Å². The van der Waals surface area contributed by atoms with Crippen LogP contribution in [0.5, 0.6) is 0 Å². The quantitative estimate of drug-likeness (QED) is 0.705. The molecule has 0 radical (unpaired) electrons. The lowest BCUT2D eigenvalue weighted by molar-refractivity contribution is -0.275. The van der Waals surface area contributed by atoms with Crippen LogP contribution in [0.3, 0.4) is 0 Å². The Labute approximate surface area is 164 Å². The fraction of sp³-hybridized carbons (Fsp3) is 0.524. The maximum Gasteiger partial charge on any atom is 0.436 e. The number of alkyl halides is 3. The molecule has 0 saturated heterocycles. The van der Waals surface area contributed by atoms with E-state index in [0.717, 1.165) is 0 Å². The van der Waals surface area contributed by atoms with Crippen LogP contribution in [0, 0.1) is 11.3 Å². The van der Waals surface area contributed by atoms with E-state index in [0.29, 0.717) is 23.1 Å². The highest BCUT2D eigenvalue weighted by atomic mass is 19.4. The summed E-state index contributed by atoms with van der Waals surface area (Å²) in [6, 6.07) is 8.10. The number of hydrogen-bond donors (Lipinski definition) is 2. The van der Waals surface area contributed by atoms with Gasteiger partial charge in [0.2, 0.25) is 5.72 Å². The van der Waals surface area contributed by atoms with Crippen molar-refractivity contribution in [3.05, 3.63) is 46.7 Å². The normalized spacial score (nSPS) is 23.8. The number of hydrogen-bond acceptors (Lipinski definition) is 4. The van der Waals surface area contributed by atoms with E-state index in [1.54, 1.807) is 18.2 Å². The molecule has 154 valence electrons. The first-order valence-electron chi connectivity index (χ1n) is 9.59. The molecule has 2 atom stereocenters. The van der Waals surface area contributed by atoms with Crippen molar-refractivity contribution < 1.29 is 23.1 Å². The Bertz CT molecular complexity index is 766. The first-order chi connectivity index (χ1) is 13.2. The van der Waals surface area contributed by atoms with Crippen LogP contribution in [0.1, 0.15) is 70.4 Å². The molecular formula is C21H27F3N2O2. The van der Waals surface area contributed by atoms with E-state index in [1.165, 1.54) is 6.07 Å². The first kappa shape index (κ1) is 23.7. The number of carbonyl (C=O) groups excluding carboxylic acids is 1. The van der Waals surface area contributed by atoms with E-state index in [4.69, 9.17) is 5.26 Å². The Balaban J connectivity index is 0.000000921. The number of ketones is 1. The van der Waals surface area contributed by atoms with Crippen molar-refractivity contribution in [1.29, 1.82) is 5.26 Å². The smallest absolute Gasteiger partial charge is 0.364 e. The van der Waals surface area contributed by atoms with Gasteiger partial charge in [0.25, 0.3) is 0 Å². The van der Waals surface area contributed by atoms with Gasteiger partial charge in [0.1, 0.15) is 0 Å². The molecule has 0 amide bonds. The molecule has 2 aliphatic rings. The molecule has 3 rings (SSSR count). The van der Waals surface area contributed by atoms with Crippen molar-refractivity contribution in [2.75, 3.05) is 0 Å². The van der Waals surface area contributed by atoms with Crippen LogP contribution in [0.15, 0.2) is 35.5 Å². The second-order valence-electron chi connectivity index (χ2n) is 6.15. The van der Waals surface area contributed by atoms with Crippen molar-refractivity contribution in [2.45, 2.75) is 71.2 Å². The van der Waals surface area contributed by atoms with Crippen LogP contribution in [0.2, 0.25) is 0 Å². The zero-order valence-corrected chi connectivity index (χ0v) is 16.7. The molecule has 1 aliphatic heterocycles. The molecule has 2 N–H and O–H groups in total. The summed E-state index contributed by atoms with van der Waals surface area (Å²) in [5.74, 6) is -1.10. The van der Waals surface area contributed by atoms with Gasteiger partial charge in [0, 0.05) is 30.0 Å². The lowest BCUT2D eigenvalue weighted by atomic mass is 9.74. The van der Waals surface area contributed by atoms with Gasteiger partial charge < -0.3 is 10.4 Å². The van der Waals surface area contributed by atoms with Crippen molar-refractivity contribution in [3.63, 3.8) is 0 Å². The van der Waals surface area contributed by atoms with E-state index < -0.39 is 24.2 Å². The number of aliphatic hydroxyl groups is 1. The van der Waals surface area contributed by atoms with E-state index in [-0.39, 0.29) is 24.3 Å². The Morgan fingerprint density at radius 1 is 1.21 bits per heavy atom. The minimum Gasteiger partial charge on any atom is -0.364 e. The molecule has 1 unspecified atom stereocenters. The number of allylic oxidation sites excluding steroid dienone is 2. The van der Waals surface area contributed by atoms with E-state index in [9.17, 15) is 23.1 Å². The number of Topliss-reactive ketones (excluding diaryl/α,β-unsaturated/α-hetero) is 1. The molecule has 0 spiro atoms. The van der Waals surface area contributed by atoms with E-state index in [2.05, 4.69) is 5.32 Å². The fourth-order valence-corrected chi connectivity index (χ4v) is 3.39. The average Bonchev–Trinajstić information content (AvgIpc) is 2.69. The molecule has 0 aromatic heterocycles. The number of carbonyl (C=O) groups is 1. The molecule has 0 bridgehead atoms. The first-order valence-corrected chi connectivity index (χ1v) is 9.59. The summed E-state index contributed by atoms with van der Waals surface area (Å²) < 4.78 is 40.0. The predicted molar refractivity (Wildman–Crippen MR) is 101 cm³/mol. The van der Waals surface area contributed by atoms with Gasteiger partial charge in [-0.2, -0.15) is 18.4 Å². The third kappa shape index (κ3) is 4.74. The summed E-state index contributed by atoms with van der Waals surface area (Å²) in [7, 11) is 0. The SMILES string of the molecule is CC.CC.N#Cc1cccc([C@@H]2CC(O)(C(F)(F)F)NC3=C2C(=O)CCC3)c1. The van der Waals surface area contributed by atoms with Crippen molar-refractivity contribution in [3.8, 4) is 6.07 Å². The lowest BCUT2D eigenvalue weighted by Gasteiger charge is -2.43. The Morgan fingerprint density at radius 2 is 1.86 bits per heavy atom. The second-order valence-corrected chi connectivity index (χ2v) is 6.15. The zero-order chi connectivity index (χ0) is 21.5. The summed E-state index contributed by atoms with van der Waals surface area (Å²) in [5, 5.41) is 21.3. The Kier molecular flexibility index (Phi) is 8.25. The van der Waals surface area contributed by atoms with Crippen LogP contribution >= 0.6 is 0 Å². The number of benzene rings is 1. The maximum absolute atomic E-state index is 13.3. The predicted octanol–water partition coefficient (Wildman–Crippen LogP) is 4.95. The topological polar surface area (TPSA) is 73.1 Å². The van der Waals surface area contributed by atoms with Gasteiger partial charge in [0.05, 0.1) is 11.6 Å². The fourth-order valence-electron chi connectivity index (χ4n) is 3.39. The van der Waals surface area contributed by atoms with Gasteiger partial charge in [-0.3, -0.25) is 4.79 Å². The number of rotatable bonds is 1. The minimum atomic E-state index is -4.88. The minimum absolute atomic E-state index is 0.157. The van der Waals surface area contributed by atoms with Crippen molar-refractivity contribution >= 4 is 5.78 Å². The Morgan fingerprint density at radius 3 is 2.43 bits per heavy atom. The molecule has 1 aromatic carbocycles. The molecule has 1 aliphatic carbocycles. The van der Waals surface area contributed by atoms with Crippen LogP contribution in [0.25, 0.3) is 0 Å². The van der Waals surface area contributed by atoms with Gasteiger partial charge >= 0.3 is 6.18 Å². The monoisotopic (exact) mass is 396 g/mol. The average molecular weight is 396 g/mol. The zero-order valence-electron chi connectivity index (χ0n) is 16.7. The van der Waals surface area contributed by atoms with Crippen molar-refractivity contribution in [1.82, 2.24) is 5.32 Å². The molecule has 0 saturated carbocycles. The Hall–Kier alpha value is -2.33. The summed E-state index contributed by atoms with van der Waals surface area (Å²) in [4.78, 5) is 12.3. The van der Waals surface area contributed by atoms with E-state index in [1.807, 2.05) is 33.8 Å². The third-order valence-corrected chi connectivity index (χ3v) is 4.55. The maximum atomic E-state index is 13.3. The highest BCUT2D eigenvalue weighted by Crippen LogP contribution is 2.46. The van der Waals surface area contributed by atoms with E-state index >= 15 is 0 Å². The number of nitriles is 1. The third-order valence-electron chi connectivity index (χ3n) is 4.55. The summed E-state index contributed by atoms with van der Waals surface area (Å²) in [6.45, 7) is 8.00. The van der Waals surface area contributed by atoms with Gasteiger partial charge in [-0.25, -0.2) is 0 Å². The highest BCUT2D eigenvalue weighted by Gasteiger charge is 2.58. The molecular weight excluding hydrogens is 369 g/mol. The van der Waals surface area contributed by atoms with Crippen LogP contribution in [-0.2, 0) is 4.79 Å². The second kappa shape index (κ2) is 9.74. The van der Waals surface area contributed by atoms with Gasteiger partial charge in [-0.15, -0.1) is 0 Å². The molecule has 1 heterocycles. The molecule has 7 heteroatoms. The summed E-state index contributed by atoms with van der Waals surface area (Å²) in [5.41, 5.74) is -1.90. The largest absolute Gasteiger partial charge is 0.436 e. The van der Waals surface area contributed by atoms with Crippen LogP contribution in [0.4, 0.5) is 13.2 Å². The van der Waals surface area contributed by atoms with Crippen LogP contribution in [-0.4, -0.2) is 22.8 Å². The number of nitrogens with one attached hydrogen (secondary N) is 1. The van der Waals surface area contributed by atoms with Crippen molar-refractivity contribution in [2.24, 2.45) is 0 Å². The highest BCUT2D eigenvalue weighted by molar-refractivity contribution is 5.98. The number of halogens is 3.